The molecule has 0 saturated carbocycles. The van der Waals surface area contributed by atoms with Crippen molar-refractivity contribution in [2.45, 2.75) is 19.8 Å². The minimum atomic E-state index is -0.542. The molecule has 0 saturated heterocycles. The predicted octanol–water partition coefficient (Wildman–Crippen LogP) is 3.19. The van der Waals surface area contributed by atoms with Crippen molar-refractivity contribution in [3.05, 3.63) is 69.8 Å². The van der Waals surface area contributed by atoms with Crippen LogP contribution in [0.5, 0.6) is 5.75 Å². The largest absolute Gasteiger partial charge is 0.477 e. The lowest BCUT2D eigenvalue weighted by Crippen LogP contribution is -2.25. The number of hydrogen-bond acceptors (Lipinski definition) is 5. The van der Waals surface area contributed by atoms with E-state index in [4.69, 9.17) is 4.74 Å². The van der Waals surface area contributed by atoms with Crippen LogP contribution in [0.2, 0.25) is 0 Å². The molecule has 25 heavy (non-hydrogen) atoms. The summed E-state index contributed by atoms with van der Waals surface area (Å²) in [6.45, 7) is 3.34. The smallest absolute Gasteiger partial charge is 0.311 e. The van der Waals surface area contributed by atoms with Crippen LogP contribution in [0.1, 0.15) is 24.0 Å². The van der Waals surface area contributed by atoms with Gasteiger partial charge in [0.05, 0.1) is 4.92 Å². The molecule has 0 fully saturated rings. The molecule has 0 radical (unpaired) electrons. The van der Waals surface area contributed by atoms with Crippen LogP contribution in [0.4, 0.5) is 5.69 Å². The first-order valence-electron chi connectivity index (χ1n) is 7.72. The molecule has 1 atom stereocenters. The van der Waals surface area contributed by atoms with Crippen molar-refractivity contribution < 1.29 is 14.5 Å². The molecule has 7 nitrogen and oxygen atoms in total. The second kappa shape index (κ2) is 8.58. The van der Waals surface area contributed by atoms with E-state index in [1.165, 1.54) is 12.1 Å². The molecule has 0 aromatic heterocycles. The summed E-state index contributed by atoms with van der Waals surface area (Å²) in [5.41, 5.74) is 3.99. The summed E-state index contributed by atoms with van der Waals surface area (Å²) in [6, 6.07) is 14.3. The summed E-state index contributed by atoms with van der Waals surface area (Å²) < 4.78 is 5.23. The van der Waals surface area contributed by atoms with Gasteiger partial charge in [-0.3, -0.25) is 14.9 Å². The van der Waals surface area contributed by atoms with Crippen LogP contribution in [0.15, 0.2) is 53.6 Å². The average molecular weight is 341 g/mol. The first-order chi connectivity index (χ1) is 12.0. The maximum absolute atomic E-state index is 11.8. The van der Waals surface area contributed by atoms with E-state index in [2.05, 4.69) is 10.5 Å². The van der Waals surface area contributed by atoms with E-state index in [1.807, 2.05) is 37.3 Å². The second-order valence-electron chi connectivity index (χ2n) is 5.53. The molecule has 0 unspecified atom stereocenters. The number of nitrogens with zero attached hydrogens (tertiary/aromatic N) is 2. The Hall–Kier alpha value is -3.22. The van der Waals surface area contributed by atoms with Crippen molar-refractivity contribution in [2.75, 3.05) is 6.61 Å². The van der Waals surface area contributed by atoms with Gasteiger partial charge in [0, 0.05) is 18.2 Å². The Morgan fingerprint density at radius 3 is 2.72 bits per heavy atom. The first-order valence-corrected chi connectivity index (χ1v) is 7.72. The van der Waals surface area contributed by atoms with Gasteiger partial charge in [0.25, 0.3) is 5.91 Å². The molecule has 7 heteroatoms. The third kappa shape index (κ3) is 5.42. The highest BCUT2D eigenvalue weighted by molar-refractivity contribution is 5.79. The number of hydrogen-bond donors (Lipinski definition) is 1. The van der Waals surface area contributed by atoms with E-state index in [-0.39, 0.29) is 24.0 Å². The van der Waals surface area contributed by atoms with Crippen molar-refractivity contribution >= 4 is 17.8 Å². The summed E-state index contributed by atoms with van der Waals surface area (Å²) in [4.78, 5) is 22.2. The van der Waals surface area contributed by atoms with E-state index in [0.29, 0.717) is 0 Å². The molecule has 0 heterocycles. The van der Waals surface area contributed by atoms with Crippen LogP contribution in [-0.4, -0.2) is 23.7 Å². The highest BCUT2D eigenvalue weighted by Gasteiger charge is 2.16. The molecule has 2 aromatic rings. The molecule has 0 aliphatic rings. The standard InChI is InChI=1S/C18H19N3O4/c1-13-8-9-17(16(10-13)21(23)24)25-12-18(22)20-19-11-14(2)15-6-4-3-5-7-15/h3-11,14H,12H2,1-2H3,(H,20,22)/b19-11+/t14-/m0/s1. The van der Waals surface area contributed by atoms with Gasteiger partial charge in [-0.1, -0.05) is 43.3 Å². The fraction of sp³-hybridized carbons (Fsp3) is 0.222. The molecule has 0 spiro atoms. The van der Waals surface area contributed by atoms with Crippen molar-refractivity contribution in [1.29, 1.82) is 0 Å². The lowest BCUT2D eigenvalue weighted by molar-refractivity contribution is -0.385. The van der Waals surface area contributed by atoms with E-state index >= 15 is 0 Å². The van der Waals surface area contributed by atoms with Gasteiger partial charge in [0.1, 0.15) is 0 Å². The molecular weight excluding hydrogens is 322 g/mol. The maximum Gasteiger partial charge on any atom is 0.311 e. The van der Waals surface area contributed by atoms with Gasteiger partial charge < -0.3 is 4.74 Å². The third-order valence-electron chi connectivity index (χ3n) is 3.48. The number of rotatable bonds is 7. The molecule has 0 aliphatic heterocycles. The van der Waals surface area contributed by atoms with Gasteiger partial charge in [-0.2, -0.15) is 5.10 Å². The number of benzene rings is 2. The number of carbonyl (C=O) groups is 1. The normalized spacial score (nSPS) is 11.9. The van der Waals surface area contributed by atoms with Gasteiger partial charge in [-0.05, 0) is 24.1 Å². The maximum atomic E-state index is 11.8. The van der Waals surface area contributed by atoms with Crippen LogP contribution < -0.4 is 10.2 Å². The Morgan fingerprint density at radius 2 is 2.04 bits per heavy atom. The van der Waals surface area contributed by atoms with Gasteiger partial charge >= 0.3 is 5.69 Å². The summed E-state index contributed by atoms with van der Waals surface area (Å²) in [7, 11) is 0. The number of nitro groups is 1. The number of hydrazone groups is 1. The minimum absolute atomic E-state index is 0.0422. The van der Waals surface area contributed by atoms with Gasteiger partial charge in [-0.25, -0.2) is 5.43 Å². The molecule has 2 rings (SSSR count). The van der Waals surface area contributed by atoms with Gasteiger partial charge in [0.2, 0.25) is 0 Å². The zero-order valence-electron chi connectivity index (χ0n) is 14.0. The van der Waals surface area contributed by atoms with Crippen LogP contribution in [0.25, 0.3) is 0 Å². The van der Waals surface area contributed by atoms with E-state index < -0.39 is 10.8 Å². The van der Waals surface area contributed by atoms with Crippen molar-refractivity contribution in [2.24, 2.45) is 5.10 Å². The van der Waals surface area contributed by atoms with E-state index in [0.717, 1.165) is 11.1 Å². The Balaban J connectivity index is 1.87. The highest BCUT2D eigenvalue weighted by atomic mass is 16.6. The Morgan fingerprint density at radius 1 is 1.32 bits per heavy atom. The summed E-state index contributed by atoms with van der Waals surface area (Å²) in [5, 5.41) is 14.9. The molecule has 0 bridgehead atoms. The topological polar surface area (TPSA) is 93.8 Å². The molecule has 2 aromatic carbocycles. The number of nitro benzene ring substituents is 1. The fourth-order valence-corrected chi connectivity index (χ4v) is 2.13. The Kier molecular flexibility index (Phi) is 6.22. The Bertz CT molecular complexity index is 775. The Labute approximate surface area is 145 Å². The lowest BCUT2D eigenvalue weighted by Gasteiger charge is -2.07. The monoisotopic (exact) mass is 341 g/mol. The number of aryl methyl sites for hydroxylation is 1. The number of amides is 1. The predicted molar refractivity (Wildman–Crippen MR) is 94.8 cm³/mol. The second-order valence-corrected chi connectivity index (χ2v) is 5.53. The number of nitrogens with one attached hydrogen (secondary N) is 1. The highest BCUT2D eigenvalue weighted by Crippen LogP contribution is 2.27. The van der Waals surface area contributed by atoms with Crippen LogP contribution in [0, 0.1) is 17.0 Å². The molecule has 0 aliphatic carbocycles. The van der Waals surface area contributed by atoms with Crippen molar-refractivity contribution in [3.8, 4) is 5.75 Å². The quantitative estimate of drug-likeness (QED) is 0.475. The van der Waals surface area contributed by atoms with Crippen LogP contribution in [-0.2, 0) is 4.79 Å². The summed E-state index contributed by atoms with van der Waals surface area (Å²) in [5.74, 6) is -0.403. The molecule has 1 N–H and O–H groups in total. The first kappa shape index (κ1) is 18.1. The van der Waals surface area contributed by atoms with Crippen molar-refractivity contribution in [1.82, 2.24) is 5.43 Å². The summed E-state index contributed by atoms with van der Waals surface area (Å²) in [6.07, 6.45) is 1.61. The van der Waals surface area contributed by atoms with Gasteiger partial charge in [0.15, 0.2) is 12.4 Å². The van der Waals surface area contributed by atoms with Crippen LogP contribution in [0.3, 0.4) is 0 Å². The van der Waals surface area contributed by atoms with Crippen LogP contribution >= 0.6 is 0 Å². The van der Waals surface area contributed by atoms with E-state index in [1.54, 1.807) is 19.2 Å². The zero-order valence-corrected chi connectivity index (χ0v) is 14.0. The minimum Gasteiger partial charge on any atom is -0.477 e. The van der Waals surface area contributed by atoms with Crippen molar-refractivity contribution in [3.63, 3.8) is 0 Å². The zero-order chi connectivity index (χ0) is 18.2. The molecule has 1 amide bonds. The molecule has 130 valence electrons. The average Bonchev–Trinajstić information content (AvgIpc) is 2.61. The fourth-order valence-electron chi connectivity index (χ4n) is 2.13. The molecular formula is C18H19N3O4. The number of carbonyl (C=O) groups excluding carboxylic acids is 1. The third-order valence-corrected chi connectivity index (χ3v) is 3.48. The number of ether oxygens (including phenoxy) is 1. The van der Waals surface area contributed by atoms with E-state index in [9.17, 15) is 14.9 Å². The summed E-state index contributed by atoms with van der Waals surface area (Å²) >= 11 is 0. The SMILES string of the molecule is Cc1ccc(OCC(=O)N/N=C/[C@H](C)c2ccccc2)c([N+](=O)[O-])c1. The van der Waals surface area contributed by atoms with Gasteiger partial charge in [-0.15, -0.1) is 0 Å². The lowest BCUT2D eigenvalue weighted by atomic mass is 10.0.